The van der Waals surface area contributed by atoms with Crippen molar-refractivity contribution in [2.24, 2.45) is 0 Å². The van der Waals surface area contributed by atoms with E-state index in [0.717, 1.165) is 6.07 Å². The van der Waals surface area contributed by atoms with Crippen molar-refractivity contribution >= 4 is 15.9 Å². The van der Waals surface area contributed by atoms with Crippen LogP contribution in [0.5, 0.6) is 0 Å². The van der Waals surface area contributed by atoms with E-state index in [-0.39, 0.29) is 17.0 Å². The summed E-state index contributed by atoms with van der Waals surface area (Å²) in [5, 5.41) is 2.63. The third kappa shape index (κ3) is 1.93. The van der Waals surface area contributed by atoms with Gasteiger partial charge in [0.05, 0.1) is 15.4 Å². The minimum absolute atomic E-state index is 0.00824. The van der Waals surface area contributed by atoms with Crippen molar-refractivity contribution < 1.29 is 21.6 Å². The molecule has 0 atom stereocenters. The SMILES string of the molecule is CNCC1=Cc2cccc(C(F)(F)F)c2S1(=O)=O. The lowest BCUT2D eigenvalue weighted by atomic mass is 10.1. The molecule has 0 aliphatic carbocycles. The Morgan fingerprint density at radius 2 is 1.94 bits per heavy atom. The zero-order chi connectivity index (χ0) is 13.6. The van der Waals surface area contributed by atoms with Gasteiger partial charge in [-0.2, -0.15) is 13.2 Å². The van der Waals surface area contributed by atoms with Gasteiger partial charge in [-0.3, -0.25) is 0 Å². The van der Waals surface area contributed by atoms with E-state index in [0.29, 0.717) is 0 Å². The van der Waals surface area contributed by atoms with Crippen molar-refractivity contribution in [2.45, 2.75) is 11.1 Å². The highest BCUT2D eigenvalue weighted by Crippen LogP contribution is 2.41. The van der Waals surface area contributed by atoms with E-state index in [2.05, 4.69) is 5.32 Å². The molecule has 3 nitrogen and oxygen atoms in total. The summed E-state index contributed by atoms with van der Waals surface area (Å²) in [7, 11) is -2.51. The Hall–Kier alpha value is -1.34. The lowest BCUT2D eigenvalue weighted by Crippen LogP contribution is -2.17. The molecule has 1 aliphatic heterocycles. The normalized spacial score (nSPS) is 17.4. The van der Waals surface area contributed by atoms with E-state index < -0.39 is 26.5 Å². The minimum atomic E-state index is -4.68. The van der Waals surface area contributed by atoms with Gasteiger partial charge >= 0.3 is 6.18 Å². The van der Waals surface area contributed by atoms with Gasteiger partial charge in [0.1, 0.15) is 0 Å². The number of alkyl halides is 3. The first-order valence-electron chi connectivity index (χ1n) is 5.09. The quantitative estimate of drug-likeness (QED) is 0.900. The monoisotopic (exact) mass is 277 g/mol. The zero-order valence-corrected chi connectivity index (χ0v) is 10.2. The third-order valence-corrected chi connectivity index (χ3v) is 4.58. The smallest absolute Gasteiger partial charge is 0.315 e. The molecule has 0 unspecified atom stereocenters. The summed E-state index contributed by atoms with van der Waals surface area (Å²) in [5.41, 5.74) is -1.02. The Labute approximate surface area is 102 Å². The largest absolute Gasteiger partial charge is 0.417 e. The van der Waals surface area contributed by atoms with Crippen LogP contribution in [-0.2, 0) is 16.0 Å². The van der Waals surface area contributed by atoms with Crippen molar-refractivity contribution in [3.05, 3.63) is 34.2 Å². The van der Waals surface area contributed by atoms with Crippen LogP contribution in [0, 0.1) is 0 Å². The van der Waals surface area contributed by atoms with Gasteiger partial charge < -0.3 is 5.32 Å². The molecular formula is C11H10F3NO2S. The molecule has 0 radical (unpaired) electrons. The van der Waals surface area contributed by atoms with Gasteiger partial charge in [-0.25, -0.2) is 8.42 Å². The predicted molar refractivity (Wildman–Crippen MR) is 60.5 cm³/mol. The molecule has 0 saturated heterocycles. The fourth-order valence-electron chi connectivity index (χ4n) is 1.89. The first-order valence-corrected chi connectivity index (χ1v) is 6.57. The molecule has 0 amide bonds. The van der Waals surface area contributed by atoms with Gasteiger partial charge in [0.25, 0.3) is 0 Å². The standard InChI is InChI=1S/C11H10F3NO2S/c1-15-6-8-5-7-3-2-4-9(11(12,13)14)10(7)18(8,16)17/h2-5,15H,6H2,1H3. The van der Waals surface area contributed by atoms with E-state index in [1.54, 1.807) is 0 Å². The molecule has 1 N–H and O–H groups in total. The van der Waals surface area contributed by atoms with E-state index in [9.17, 15) is 21.6 Å². The van der Waals surface area contributed by atoms with Crippen LogP contribution < -0.4 is 5.32 Å². The second kappa shape index (κ2) is 4.10. The topological polar surface area (TPSA) is 46.2 Å². The summed E-state index contributed by atoms with van der Waals surface area (Å²) in [4.78, 5) is -0.681. The number of sulfone groups is 1. The van der Waals surface area contributed by atoms with Gasteiger partial charge in [-0.05, 0) is 24.8 Å². The fraction of sp³-hybridized carbons (Fsp3) is 0.273. The van der Waals surface area contributed by atoms with Gasteiger partial charge in [-0.15, -0.1) is 0 Å². The molecule has 0 saturated carbocycles. The molecule has 0 spiro atoms. The highest BCUT2D eigenvalue weighted by molar-refractivity contribution is 7.96. The molecule has 0 bridgehead atoms. The molecule has 98 valence electrons. The van der Waals surface area contributed by atoms with Crippen LogP contribution in [0.2, 0.25) is 0 Å². The lowest BCUT2D eigenvalue weighted by molar-refractivity contribution is -0.139. The summed E-state index contributed by atoms with van der Waals surface area (Å²) < 4.78 is 62.5. The highest BCUT2D eigenvalue weighted by atomic mass is 32.2. The molecule has 7 heteroatoms. The Morgan fingerprint density at radius 1 is 1.28 bits per heavy atom. The number of likely N-dealkylation sites (N-methyl/N-ethyl adjacent to an activating group) is 1. The maximum atomic E-state index is 12.8. The van der Waals surface area contributed by atoms with Crippen LogP contribution in [0.15, 0.2) is 28.0 Å². The second-order valence-corrected chi connectivity index (χ2v) is 5.81. The van der Waals surface area contributed by atoms with Crippen LogP contribution in [-0.4, -0.2) is 22.0 Å². The number of nitrogens with one attached hydrogen (secondary N) is 1. The number of hydrogen-bond acceptors (Lipinski definition) is 3. The number of halogens is 3. The van der Waals surface area contributed by atoms with Gasteiger partial charge in [0.2, 0.25) is 9.84 Å². The summed E-state index contributed by atoms with van der Waals surface area (Å²) in [6.45, 7) is 0.00824. The summed E-state index contributed by atoms with van der Waals surface area (Å²) >= 11 is 0. The van der Waals surface area contributed by atoms with Crippen molar-refractivity contribution in [3.63, 3.8) is 0 Å². The first-order chi connectivity index (χ1) is 8.28. The van der Waals surface area contributed by atoms with Crippen LogP contribution in [0.3, 0.4) is 0 Å². The molecule has 0 fully saturated rings. The Morgan fingerprint density at radius 3 is 2.50 bits per heavy atom. The van der Waals surface area contributed by atoms with Crippen molar-refractivity contribution in [1.82, 2.24) is 5.32 Å². The summed E-state index contributed by atoms with van der Waals surface area (Å²) in [6.07, 6.45) is -3.41. The fourth-order valence-corrected chi connectivity index (χ4v) is 3.68. The summed E-state index contributed by atoms with van der Waals surface area (Å²) in [6, 6.07) is 3.35. The van der Waals surface area contributed by atoms with Crippen LogP contribution >= 0.6 is 0 Å². The summed E-state index contributed by atoms with van der Waals surface area (Å²) in [5.74, 6) is 0. The van der Waals surface area contributed by atoms with Crippen LogP contribution in [0.1, 0.15) is 11.1 Å². The molecule has 1 aromatic rings. The lowest BCUT2D eigenvalue weighted by Gasteiger charge is -2.12. The van der Waals surface area contributed by atoms with Crippen LogP contribution in [0.4, 0.5) is 13.2 Å². The first kappa shape index (κ1) is 13.1. The zero-order valence-electron chi connectivity index (χ0n) is 9.38. The molecule has 18 heavy (non-hydrogen) atoms. The molecular weight excluding hydrogens is 267 g/mol. The number of fused-ring (bicyclic) bond motifs is 1. The van der Waals surface area contributed by atoms with E-state index in [1.807, 2.05) is 0 Å². The van der Waals surface area contributed by atoms with Gasteiger partial charge in [0.15, 0.2) is 0 Å². The number of hydrogen-bond donors (Lipinski definition) is 1. The maximum absolute atomic E-state index is 12.8. The van der Waals surface area contributed by atoms with Crippen LogP contribution in [0.25, 0.3) is 6.08 Å². The van der Waals surface area contributed by atoms with Crippen molar-refractivity contribution in [2.75, 3.05) is 13.6 Å². The molecule has 2 rings (SSSR count). The van der Waals surface area contributed by atoms with E-state index in [4.69, 9.17) is 0 Å². The molecule has 1 aliphatic rings. The highest BCUT2D eigenvalue weighted by Gasteiger charge is 2.41. The number of benzene rings is 1. The maximum Gasteiger partial charge on any atom is 0.417 e. The van der Waals surface area contributed by atoms with E-state index in [1.165, 1.54) is 25.3 Å². The minimum Gasteiger partial charge on any atom is -0.315 e. The Balaban J connectivity index is 2.67. The molecule has 0 aromatic heterocycles. The average molecular weight is 277 g/mol. The Kier molecular flexibility index (Phi) is 2.98. The number of rotatable bonds is 2. The Bertz CT molecular complexity index is 618. The van der Waals surface area contributed by atoms with Crippen molar-refractivity contribution in [3.8, 4) is 0 Å². The van der Waals surface area contributed by atoms with Gasteiger partial charge in [0, 0.05) is 6.54 Å². The third-order valence-electron chi connectivity index (χ3n) is 2.63. The molecule has 1 heterocycles. The van der Waals surface area contributed by atoms with Crippen molar-refractivity contribution in [1.29, 1.82) is 0 Å². The second-order valence-electron chi connectivity index (χ2n) is 3.87. The van der Waals surface area contributed by atoms with Gasteiger partial charge in [-0.1, -0.05) is 12.1 Å². The van der Waals surface area contributed by atoms with E-state index >= 15 is 0 Å². The average Bonchev–Trinajstić information content (AvgIpc) is 2.50. The molecule has 1 aromatic carbocycles. The predicted octanol–water partition coefficient (Wildman–Crippen LogP) is 2.05.